The monoisotopic (exact) mass is 284 g/mol. The van der Waals surface area contributed by atoms with Crippen LogP contribution in [0.3, 0.4) is 0 Å². The summed E-state index contributed by atoms with van der Waals surface area (Å²) >= 11 is 10.1. The molecule has 0 spiro atoms. The number of fused-ring (bicyclic) bond motifs is 1. The number of anilines is 1. The SMILES string of the molecule is O=C1NC(S)NC2C1CNN2c1ccc(Cl)cc1. The lowest BCUT2D eigenvalue weighted by atomic mass is 10.1. The highest BCUT2D eigenvalue weighted by Crippen LogP contribution is 2.26. The van der Waals surface area contributed by atoms with Gasteiger partial charge in [-0.1, -0.05) is 11.6 Å². The first-order chi connectivity index (χ1) is 8.65. The van der Waals surface area contributed by atoms with Crippen LogP contribution in [-0.4, -0.2) is 24.1 Å². The van der Waals surface area contributed by atoms with E-state index < -0.39 is 0 Å². The Morgan fingerprint density at radius 1 is 1.33 bits per heavy atom. The topological polar surface area (TPSA) is 56.4 Å². The van der Waals surface area contributed by atoms with Gasteiger partial charge in [0.05, 0.1) is 11.6 Å². The standard InChI is InChI=1S/C11H13ClN4OS/c12-6-1-3-7(4-2-6)16-9-8(5-13-16)10(17)15-11(18)14-9/h1-4,8-9,11,13-14,18H,5H2,(H,15,17). The average molecular weight is 285 g/mol. The first-order valence-corrected chi connectivity index (χ1v) is 6.57. The minimum atomic E-state index is -0.326. The second-order valence-electron chi connectivity index (χ2n) is 4.34. The molecule has 0 aromatic heterocycles. The second-order valence-corrected chi connectivity index (χ2v) is 5.29. The van der Waals surface area contributed by atoms with Crippen LogP contribution < -0.4 is 21.1 Å². The van der Waals surface area contributed by atoms with Gasteiger partial charge in [0, 0.05) is 11.6 Å². The van der Waals surface area contributed by atoms with Gasteiger partial charge >= 0.3 is 0 Å². The van der Waals surface area contributed by atoms with E-state index in [1.54, 1.807) is 0 Å². The molecule has 0 saturated carbocycles. The van der Waals surface area contributed by atoms with E-state index in [1.165, 1.54) is 0 Å². The predicted molar refractivity (Wildman–Crippen MR) is 73.3 cm³/mol. The molecular formula is C11H13ClN4OS. The Balaban J connectivity index is 1.86. The summed E-state index contributed by atoms with van der Waals surface area (Å²) in [5.74, 6) is -0.105. The van der Waals surface area contributed by atoms with E-state index in [4.69, 9.17) is 11.6 Å². The van der Waals surface area contributed by atoms with Crippen molar-refractivity contribution in [1.29, 1.82) is 0 Å². The van der Waals surface area contributed by atoms with Crippen molar-refractivity contribution in [2.24, 2.45) is 5.92 Å². The number of hydrazine groups is 1. The Bertz CT molecular complexity index is 469. The van der Waals surface area contributed by atoms with E-state index in [2.05, 4.69) is 28.7 Å². The van der Waals surface area contributed by atoms with Crippen LogP contribution in [0, 0.1) is 5.92 Å². The van der Waals surface area contributed by atoms with E-state index in [1.807, 2.05) is 29.3 Å². The molecule has 0 aliphatic carbocycles. The molecule has 2 fully saturated rings. The molecule has 3 unspecified atom stereocenters. The number of amides is 1. The van der Waals surface area contributed by atoms with Gasteiger partial charge in [0.1, 0.15) is 11.7 Å². The average Bonchev–Trinajstić information content (AvgIpc) is 2.74. The van der Waals surface area contributed by atoms with Gasteiger partial charge in [0.2, 0.25) is 5.91 Å². The van der Waals surface area contributed by atoms with Crippen molar-refractivity contribution in [3.05, 3.63) is 29.3 Å². The normalized spacial score (nSPS) is 31.1. The van der Waals surface area contributed by atoms with Crippen molar-refractivity contribution in [3.63, 3.8) is 0 Å². The molecule has 18 heavy (non-hydrogen) atoms. The fourth-order valence-corrected chi connectivity index (χ4v) is 2.72. The zero-order valence-corrected chi connectivity index (χ0v) is 11.1. The summed E-state index contributed by atoms with van der Waals surface area (Å²) in [5.41, 5.74) is 3.86. The number of halogens is 1. The van der Waals surface area contributed by atoms with E-state index in [9.17, 15) is 4.79 Å². The maximum atomic E-state index is 11.8. The molecule has 1 aromatic rings. The second kappa shape index (κ2) is 4.62. The van der Waals surface area contributed by atoms with Crippen molar-refractivity contribution in [2.75, 3.05) is 11.6 Å². The molecule has 7 heteroatoms. The first kappa shape index (κ1) is 12.1. The van der Waals surface area contributed by atoms with Gasteiger partial charge in [-0.25, -0.2) is 5.43 Å². The molecule has 1 aromatic carbocycles. The van der Waals surface area contributed by atoms with E-state index >= 15 is 0 Å². The fraction of sp³-hybridized carbons (Fsp3) is 0.364. The largest absolute Gasteiger partial charge is 0.332 e. The minimum absolute atomic E-state index is 0.0164. The first-order valence-electron chi connectivity index (χ1n) is 5.68. The fourth-order valence-electron chi connectivity index (χ4n) is 2.31. The van der Waals surface area contributed by atoms with Gasteiger partial charge in [-0.05, 0) is 24.3 Å². The number of rotatable bonds is 1. The van der Waals surface area contributed by atoms with Crippen LogP contribution in [0.2, 0.25) is 5.02 Å². The number of thiol groups is 1. The van der Waals surface area contributed by atoms with Crippen LogP contribution in [-0.2, 0) is 4.79 Å². The van der Waals surface area contributed by atoms with E-state index in [0.717, 1.165) is 5.69 Å². The molecular weight excluding hydrogens is 272 g/mol. The third-order valence-corrected chi connectivity index (χ3v) is 3.72. The molecule has 3 rings (SSSR count). The highest BCUT2D eigenvalue weighted by atomic mass is 35.5. The highest BCUT2D eigenvalue weighted by molar-refractivity contribution is 7.80. The molecule has 96 valence electrons. The molecule has 5 nitrogen and oxygen atoms in total. The Morgan fingerprint density at radius 2 is 2.06 bits per heavy atom. The predicted octanol–water partition coefficient (Wildman–Crippen LogP) is 0.540. The Kier molecular flexibility index (Phi) is 3.11. The van der Waals surface area contributed by atoms with Crippen LogP contribution in [0.25, 0.3) is 0 Å². The van der Waals surface area contributed by atoms with Gasteiger partial charge in [-0.2, -0.15) is 0 Å². The molecule has 2 heterocycles. The van der Waals surface area contributed by atoms with E-state index in [-0.39, 0.29) is 23.5 Å². The quantitative estimate of drug-likeness (QED) is 0.569. The maximum Gasteiger partial charge on any atom is 0.229 e. The molecule has 2 aliphatic rings. The van der Waals surface area contributed by atoms with Gasteiger partial charge in [-0.15, -0.1) is 12.6 Å². The Morgan fingerprint density at radius 3 is 2.78 bits per heavy atom. The zero-order chi connectivity index (χ0) is 12.7. The number of carbonyl (C=O) groups is 1. The summed E-state index contributed by atoms with van der Waals surface area (Å²) in [4.78, 5) is 11.8. The summed E-state index contributed by atoms with van der Waals surface area (Å²) in [6.07, 6.45) is -0.0950. The maximum absolute atomic E-state index is 11.8. The lowest BCUT2D eigenvalue weighted by molar-refractivity contribution is -0.127. The van der Waals surface area contributed by atoms with Gasteiger partial charge in [0.15, 0.2) is 0 Å². The lowest BCUT2D eigenvalue weighted by Crippen LogP contribution is -2.62. The third kappa shape index (κ3) is 2.05. The van der Waals surface area contributed by atoms with Crippen molar-refractivity contribution < 1.29 is 4.79 Å². The summed E-state index contributed by atoms with van der Waals surface area (Å²) in [6.45, 7) is 0.604. The van der Waals surface area contributed by atoms with Crippen LogP contribution in [0.15, 0.2) is 24.3 Å². The smallest absolute Gasteiger partial charge is 0.229 e. The van der Waals surface area contributed by atoms with Crippen molar-refractivity contribution in [1.82, 2.24) is 16.1 Å². The van der Waals surface area contributed by atoms with E-state index in [0.29, 0.717) is 11.6 Å². The lowest BCUT2D eigenvalue weighted by Gasteiger charge is -2.35. The molecule has 3 atom stereocenters. The molecule has 3 N–H and O–H groups in total. The number of nitrogens with zero attached hydrogens (tertiary/aromatic N) is 1. The van der Waals surface area contributed by atoms with Crippen molar-refractivity contribution in [3.8, 4) is 0 Å². The Labute approximate surface area is 115 Å². The summed E-state index contributed by atoms with van der Waals surface area (Å²) in [7, 11) is 0. The van der Waals surface area contributed by atoms with Crippen LogP contribution >= 0.6 is 24.2 Å². The molecule has 2 aliphatic heterocycles. The minimum Gasteiger partial charge on any atom is -0.332 e. The molecule has 1 amide bonds. The summed E-state index contributed by atoms with van der Waals surface area (Å²) in [5, 5.41) is 8.63. The van der Waals surface area contributed by atoms with Gasteiger partial charge in [0.25, 0.3) is 0 Å². The van der Waals surface area contributed by atoms with Crippen LogP contribution in [0.4, 0.5) is 5.69 Å². The third-order valence-electron chi connectivity index (χ3n) is 3.19. The number of hydrogen-bond donors (Lipinski definition) is 4. The number of carbonyl (C=O) groups excluding carboxylic acids is 1. The highest BCUT2D eigenvalue weighted by Gasteiger charge is 2.43. The van der Waals surface area contributed by atoms with Gasteiger partial charge < -0.3 is 5.32 Å². The molecule has 0 bridgehead atoms. The van der Waals surface area contributed by atoms with Crippen LogP contribution in [0.1, 0.15) is 0 Å². The summed E-state index contributed by atoms with van der Waals surface area (Å²) < 4.78 is 0. The number of nitrogens with one attached hydrogen (secondary N) is 3. The summed E-state index contributed by atoms with van der Waals surface area (Å²) in [6, 6.07) is 7.48. The Hall–Kier alpha value is -0.950. The zero-order valence-electron chi connectivity index (χ0n) is 9.43. The van der Waals surface area contributed by atoms with Crippen molar-refractivity contribution in [2.45, 2.75) is 11.7 Å². The van der Waals surface area contributed by atoms with Gasteiger partial charge in [-0.3, -0.25) is 15.1 Å². The molecule has 2 saturated heterocycles. The molecule has 0 radical (unpaired) electrons. The van der Waals surface area contributed by atoms with Crippen LogP contribution in [0.5, 0.6) is 0 Å². The van der Waals surface area contributed by atoms with Crippen molar-refractivity contribution >= 4 is 35.8 Å². The number of hydrogen-bond acceptors (Lipinski definition) is 5. The number of benzene rings is 1.